The van der Waals surface area contributed by atoms with Crippen molar-refractivity contribution in [1.82, 2.24) is 14.3 Å². The highest BCUT2D eigenvalue weighted by Gasteiger charge is 2.30. The van der Waals surface area contributed by atoms with Crippen molar-refractivity contribution in [1.29, 1.82) is 0 Å². The van der Waals surface area contributed by atoms with Crippen molar-refractivity contribution in [3.8, 4) is 0 Å². The second kappa shape index (κ2) is 7.81. The van der Waals surface area contributed by atoms with E-state index in [1.165, 1.54) is 0 Å². The van der Waals surface area contributed by atoms with Crippen molar-refractivity contribution in [2.24, 2.45) is 5.73 Å². The van der Waals surface area contributed by atoms with Crippen molar-refractivity contribution in [3.05, 3.63) is 36.3 Å². The molecule has 2 aromatic rings. The molecule has 122 valence electrons. The van der Waals surface area contributed by atoms with Crippen LogP contribution in [0.15, 0.2) is 30.6 Å². The highest BCUT2D eigenvalue weighted by molar-refractivity contribution is 5.93. The molecule has 22 heavy (non-hydrogen) atoms. The van der Waals surface area contributed by atoms with Gasteiger partial charge in [0.2, 0.25) is 0 Å². The molecule has 3 rings (SSSR count). The van der Waals surface area contributed by atoms with E-state index in [1.807, 2.05) is 40.6 Å². The predicted molar refractivity (Wildman–Crippen MR) is 92.0 cm³/mol. The third kappa shape index (κ3) is 3.54. The molecule has 5 nitrogen and oxygen atoms in total. The first-order chi connectivity index (χ1) is 9.66. The van der Waals surface area contributed by atoms with E-state index in [-0.39, 0.29) is 42.8 Å². The normalized spacial score (nSPS) is 19.2. The molecule has 1 fully saturated rings. The van der Waals surface area contributed by atoms with Crippen molar-refractivity contribution >= 4 is 36.4 Å². The zero-order chi connectivity index (χ0) is 14.1. The number of carbonyl (C=O) groups is 1. The molecular weight excluding hydrogens is 323 g/mol. The smallest absolute Gasteiger partial charge is 0.274 e. The molecule has 0 bridgehead atoms. The van der Waals surface area contributed by atoms with Crippen LogP contribution < -0.4 is 5.73 Å². The van der Waals surface area contributed by atoms with Gasteiger partial charge in [-0.1, -0.05) is 6.07 Å². The minimum atomic E-state index is -0.00398. The fourth-order valence-electron chi connectivity index (χ4n) is 2.94. The summed E-state index contributed by atoms with van der Waals surface area (Å²) in [5, 5.41) is 0. The number of aromatic nitrogens is 2. The molecule has 0 saturated carbocycles. The van der Waals surface area contributed by atoms with Crippen LogP contribution in [0.2, 0.25) is 0 Å². The number of nitrogens with zero attached hydrogens (tertiary/aromatic N) is 3. The monoisotopic (exact) mass is 344 g/mol. The number of fused-ring (bicyclic) bond motifs is 1. The maximum atomic E-state index is 12.7. The average Bonchev–Trinajstić information content (AvgIpc) is 2.90. The summed E-state index contributed by atoms with van der Waals surface area (Å²) in [6, 6.07) is 5.87. The Morgan fingerprint density at radius 1 is 1.36 bits per heavy atom. The first-order valence-electron chi connectivity index (χ1n) is 7.17. The number of carbonyl (C=O) groups excluding carboxylic acids is 1. The minimum Gasteiger partial charge on any atom is -0.333 e. The molecule has 0 radical (unpaired) electrons. The van der Waals surface area contributed by atoms with Crippen molar-refractivity contribution < 1.29 is 4.79 Å². The number of amides is 1. The second-order valence-corrected chi connectivity index (χ2v) is 5.51. The molecule has 0 spiro atoms. The van der Waals surface area contributed by atoms with E-state index in [9.17, 15) is 4.79 Å². The summed E-state index contributed by atoms with van der Waals surface area (Å²) < 4.78 is 1.87. The minimum absolute atomic E-state index is 0. The van der Waals surface area contributed by atoms with Crippen molar-refractivity contribution in [2.45, 2.75) is 38.3 Å². The van der Waals surface area contributed by atoms with Gasteiger partial charge in [0, 0.05) is 31.0 Å². The molecule has 3 heterocycles. The Bertz CT molecular complexity index is 596. The van der Waals surface area contributed by atoms with E-state index >= 15 is 0 Å². The molecule has 2 aromatic heterocycles. The van der Waals surface area contributed by atoms with Gasteiger partial charge in [0.1, 0.15) is 11.3 Å². The standard InChI is InChI=1S/C15H20N4O.2ClH/c1-11(16)13-6-2-5-9-19(13)15(20)12-10-18-8-4-3-7-14(18)17-12;;/h3-4,7-8,10-11,13H,2,5-6,9,16H2,1H3;2*1H. The van der Waals surface area contributed by atoms with E-state index in [1.54, 1.807) is 6.20 Å². The van der Waals surface area contributed by atoms with Gasteiger partial charge in [0.25, 0.3) is 5.91 Å². The van der Waals surface area contributed by atoms with Crippen LogP contribution in [0, 0.1) is 0 Å². The van der Waals surface area contributed by atoms with Crippen LogP contribution in [0.1, 0.15) is 36.7 Å². The van der Waals surface area contributed by atoms with Gasteiger partial charge in [-0.3, -0.25) is 4.79 Å². The van der Waals surface area contributed by atoms with Crippen LogP contribution in [0.4, 0.5) is 0 Å². The van der Waals surface area contributed by atoms with Crippen molar-refractivity contribution in [3.63, 3.8) is 0 Å². The molecule has 1 amide bonds. The first-order valence-corrected chi connectivity index (χ1v) is 7.17. The number of piperidine rings is 1. The third-order valence-corrected chi connectivity index (χ3v) is 4.00. The van der Waals surface area contributed by atoms with E-state index in [4.69, 9.17) is 5.73 Å². The Morgan fingerprint density at radius 3 is 2.82 bits per heavy atom. The Kier molecular flexibility index (Phi) is 6.66. The number of hydrogen-bond donors (Lipinski definition) is 1. The number of nitrogens with two attached hydrogens (primary N) is 1. The second-order valence-electron chi connectivity index (χ2n) is 5.51. The maximum absolute atomic E-state index is 12.7. The molecule has 1 aliphatic rings. The molecule has 2 atom stereocenters. The third-order valence-electron chi connectivity index (χ3n) is 4.00. The first kappa shape index (κ1) is 18.7. The zero-order valence-corrected chi connectivity index (χ0v) is 14.1. The fraction of sp³-hybridized carbons (Fsp3) is 0.467. The summed E-state index contributed by atoms with van der Waals surface area (Å²) in [5.41, 5.74) is 7.33. The summed E-state index contributed by atoms with van der Waals surface area (Å²) in [4.78, 5) is 19.0. The Balaban J connectivity index is 0.00000121. The number of hydrogen-bond acceptors (Lipinski definition) is 3. The number of halogens is 2. The molecule has 2 N–H and O–H groups in total. The van der Waals surface area contributed by atoms with E-state index in [2.05, 4.69) is 4.98 Å². The summed E-state index contributed by atoms with van der Waals surface area (Å²) in [5.74, 6) is -0.00398. The van der Waals surface area contributed by atoms with Crippen LogP contribution >= 0.6 is 24.8 Å². The van der Waals surface area contributed by atoms with Gasteiger partial charge in [-0.15, -0.1) is 24.8 Å². The fourth-order valence-corrected chi connectivity index (χ4v) is 2.94. The van der Waals surface area contributed by atoms with Gasteiger partial charge in [0.05, 0.1) is 0 Å². The lowest BCUT2D eigenvalue weighted by atomic mass is 9.96. The summed E-state index contributed by atoms with van der Waals surface area (Å²) in [6.45, 7) is 2.75. The van der Waals surface area contributed by atoms with Gasteiger partial charge in [-0.05, 0) is 38.3 Å². The summed E-state index contributed by atoms with van der Waals surface area (Å²) in [7, 11) is 0. The zero-order valence-electron chi connectivity index (χ0n) is 12.5. The van der Waals surface area contributed by atoms with Gasteiger partial charge in [0.15, 0.2) is 0 Å². The van der Waals surface area contributed by atoms with Crippen LogP contribution in [0.25, 0.3) is 5.65 Å². The largest absolute Gasteiger partial charge is 0.333 e. The number of imidazole rings is 1. The molecule has 7 heteroatoms. The number of pyridine rings is 1. The van der Waals surface area contributed by atoms with Gasteiger partial charge >= 0.3 is 0 Å². The Hall–Kier alpha value is -1.30. The van der Waals surface area contributed by atoms with Crippen LogP contribution in [0.3, 0.4) is 0 Å². The number of likely N-dealkylation sites (tertiary alicyclic amines) is 1. The molecule has 1 saturated heterocycles. The van der Waals surface area contributed by atoms with Gasteiger partial charge in [-0.2, -0.15) is 0 Å². The van der Waals surface area contributed by atoms with Crippen molar-refractivity contribution in [2.75, 3.05) is 6.54 Å². The lowest BCUT2D eigenvalue weighted by Crippen LogP contribution is -2.51. The molecule has 0 aliphatic carbocycles. The van der Waals surface area contributed by atoms with E-state index in [0.29, 0.717) is 5.69 Å². The molecule has 1 aliphatic heterocycles. The molecular formula is C15H22Cl2N4O. The molecule has 0 aromatic carbocycles. The number of rotatable bonds is 2. The topological polar surface area (TPSA) is 63.6 Å². The predicted octanol–water partition coefficient (Wildman–Crippen LogP) is 2.52. The van der Waals surface area contributed by atoms with Crippen LogP contribution in [-0.2, 0) is 0 Å². The lowest BCUT2D eigenvalue weighted by Gasteiger charge is -2.37. The van der Waals surface area contributed by atoms with Crippen LogP contribution in [0.5, 0.6) is 0 Å². The van der Waals surface area contributed by atoms with E-state index < -0.39 is 0 Å². The summed E-state index contributed by atoms with van der Waals surface area (Å²) in [6.07, 6.45) is 6.86. The van der Waals surface area contributed by atoms with Gasteiger partial charge < -0.3 is 15.0 Å². The van der Waals surface area contributed by atoms with Gasteiger partial charge in [-0.25, -0.2) is 4.98 Å². The SMILES string of the molecule is CC(N)C1CCCCN1C(=O)c1cn2ccccc2n1.Cl.Cl. The van der Waals surface area contributed by atoms with Crippen LogP contribution in [-0.4, -0.2) is 38.8 Å². The maximum Gasteiger partial charge on any atom is 0.274 e. The van der Waals surface area contributed by atoms with E-state index in [0.717, 1.165) is 31.5 Å². The lowest BCUT2D eigenvalue weighted by molar-refractivity contribution is 0.0578. The summed E-state index contributed by atoms with van der Waals surface area (Å²) >= 11 is 0. The Morgan fingerprint density at radius 2 is 2.14 bits per heavy atom. The Labute approximate surface area is 142 Å². The highest BCUT2D eigenvalue weighted by Crippen LogP contribution is 2.21. The molecule has 2 unspecified atom stereocenters. The highest BCUT2D eigenvalue weighted by atomic mass is 35.5. The quantitative estimate of drug-likeness (QED) is 0.910. The average molecular weight is 345 g/mol.